The quantitative estimate of drug-likeness (QED) is 0.0277. The molecule has 0 amide bonds. The molecule has 4 heterocycles. The lowest BCUT2D eigenvalue weighted by Crippen LogP contribution is -2.15. The van der Waals surface area contributed by atoms with Crippen LogP contribution in [0.25, 0.3) is 89.7 Å². The van der Waals surface area contributed by atoms with E-state index in [1.54, 1.807) is 0 Å². The lowest BCUT2D eigenvalue weighted by atomic mass is 10.1. The minimum Gasteiger partial charge on any atom is -0.493 e. The van der Waals surface area contributed by atoms with Crippen LogP contribution in [-0.2, 0) is 0 Å². The number of aromatic nitrogens is 8. The summed E-state index contributed by atoms with van der Waals surface area (Å²) in [6, 6.07) is 43.3. The summed E-state index contributed by atoms with van der Waals surface area (Å²) >= 11 is 0. The fourth-order valence-electron chi connectivity index (χ4n) is 10.3. The van der Waals surface area contributed by atoms with E-state index < -0.39 is 0 Å². The van der Waals surface area contributed by atoms with E-state index >= 15 is 0 Å². The van der Waals surface area contributed by atoms with Gasteiger partial charge in [0.2, 0.25) is 0 Å². The van der Waals surface area contributed by atoms with Gasteiger partial charge in [-0.05, 0) is 179 Å². The van der Waals surface area contributed by atoms with Crippen molar-refractivity contribution in [1.29, 1.82) is 0 Å². The van der Waals surface area contributed by atoms with Crippen molar-refractivity contribution in [3.05, 3.63) is 133 Å². The number of benzene rings is 7. The second-order valence-electron chi connectivity index (χ2n) is 23.4. The highest BCUT2D eigenvalue weighted by Crippen LogP contribution is 2.37. The first kappa shape index (κ1) is 62.3. The maximum absolute atomic E-state index is 6.58. The maximum atomic E-state index is 6.58. The summed E-state index contributed by atoms with van der Waals surface area (Å²) < 4.78 is 50.0. The molecule has 0 unspecified atom stereocenters. The number of nitrogens with one attached hydrogen (secondary N) is 4. The summed E-state index contributed by atoms with van der Waals surface area (Å²) in [4.78, 5) is 42.5. The second kappa shape index (κ2) is 29.8. The molecule has 4 N–H and O–H groups in total. The fourth-order valence-corrected chi connectivity index (χ4v) is 10.3. The molecule has 0 radical (unpaired) electrons. The molecule has 0 aliphatic rings. The number of nitrogens with zero attached hydrogens (tertiary/aromatic N) is 8. The minimum atomic E-state index is 0.250. The number of aromatic amines is 4. The molecule has 20 heteroatoms. The fraction of sp³-hybridized carbons (Fsp3) is 0.343. The van der Waals surface area contributed by atoms with Crippen molar-refractivity contribution in [1.82, 2.24) is 59.5 Å². The number of rotatable bonds is 34. The van der Waals surface area contributed by atoms with Crippen molar-refractivity contribution < 1.29 is 37.9 Å². The first-order chi connectivity index (χ1) is 43.8. The van der Waals surface area contributed by atoms with Crippen molar-refractivity contribution >= 4 is 44.1 Å². The number of H-pyrrole nitrogens is 4. The number of hydrogen-bond acceptors (Lipinski definition) is 16. The molecule has 7 aromatic carbocycles. The van der Waals surface area contributed by atoms with Crippen molar-refractivity contribution in [3.63, 3.8) is 0 Å². The topological polar surface area (TPSA) is 202 Å². The Bertz CT molecular complexity index is 3850. The summed E-state index contributed by atoms with van der Waals surface area (Å²) in [5.41, 5.74) is 10.1. The normalized spacial score (nSPS) is 11.8. The Morgan fingerprint density at radius 1 is 0.278 bits per heavy atom. The zero-order valence-electron chi connectivity index (χ0n) is 52.9. The zero-order valence-corrected chi connectivity index (χ0v) is 52.9. The standard InChI is InChI=1S/C70H82N12O8/c1-79(2)29-9-33-83-51-19-25-57-61(43-51)75-67(71-57)47-13-23-55(69-73-59-27-21-53(45-63(59)77-69)85-35-11-31-81(5)6)65(41-47)89-39-37-87-49-15-17-50(18-16-49)88-38-40-90-66-42-48(68-72-58-26-20-52(44-62(58)76-68)84-34-10-30-80(3)4)14-24-56(66)70-74-60-28-22-54(46-64(60)78-70)86-36-12-32-82(7)8/h13-28,41-46H,9-12,29-40H2,1-8H3,(H,71,75)(H,72,76)(H,73,77)(H,74,78). The molecular formula is C70H82N12O8. The van der Waals surface area contributed by atoms with Gasteiger partial charge >= 0.3 is 0 Å². The van der Waals surface area contributed by atoms with Crippen LogP contribution in [0.3, 0.4) is 0 Å². The van der Waals surface area contributed by atoms with Gasteiger partial charge in [0.05, 0.1) is 81.7 Å². The van der Waals surface area contributed by atoms with E-state index in [9.17, 15) is 0 Å². The number of imidazole rings is 4. The van der Waals surface area contributed by atoms with E-state index in [0.29, 0.717) is 72.7 Å². The van der Waals surface area contributed by atoms with Crippen LogP contribution in [0.2, 0.25) is 0 Å². The van der Waals surface area contributed by atoms with E-state index in [1.807, 2.05) is 133 Å². The summed E-state index contributed by atoms with van der Waals surface area (Å²) in [5.74, 6) is 8.48. The van der Waals surface area contributed by atoms with Crippen molar-refractivity contribution in [2.45, 2.75) is 25.7 Å². The van der Waals surface area contributed by atoms with Gasteiger partial charge in [0.1, 0.15) is 95.7 Å². The Labute approximate surface area is 525 Å². The molecule has 0 bridgehead atoms. The molecule has 0 saturated heterocycles. The molecule has 0 spiro atoms. The van der Waals surface area contributed by atoms with Gasteiger partial charge < -0.3 is 77.4 Å². The molecular weight excluding hydrogens is 1140 g/mol. The van der Waals surface area contributed by atoms with E-state index in [2.05, 4.69) is 95.9 Å². The summed E-state index contributed by atoms with van der Waals surface area (Å²) in [5, 5.41) is 0. The molecule has 20 nitrogen and oxygen atoms in total. The van der Waals surface area contributed by atoms with Gasteiger partial charge in [0.15, 0.2) is 0 Å². The summed E-state index contributed by atoms with van der Waals surface area (Å²) in [6.07, 6.45) is 3.71. The Balaban J connectivity index is 0.746. The van der Waals surface area contributed by atoms with E-state index in [-0.39, 0.29) is 26.4 Å². The van der Waals surface area contributed by atoms with Crippen LogP contribution in [0.4, 0.5) is 0 Å². The molecule has 0 saturated carbocycles. The highest BCUT2D eigenvalue weighted by molar-refractivity contribution is 5.86. The third kappa shape index (κ3) is 16.7. The van der Waals surface area contributed by atoms with Crippen molar-refractivity contribution in [2.24, 2.45) is 0 Å². The molecule has 11 aromatic rings. The Morgan fingerprint density at radius 3 is 0.856 bits per heavy atom. The third-order valence-corrected chi connectivity index (χ3v) is 15.0. The Hall–Kier alpha value is -9.34. The Kier molecular flexibility index (Phi) is 20.6. The average Bonchev–Trinajstić information content (AvgIpc) is 2.15. The van der Waals surface area contributed by atoms with Crippen LogP contribution in [0.1, 0.15) is 25.7 Å². The van der Waals surface area contributed by atoms with E-state index in [4.69, 9.17) is 57.8 Å². The zero-order chi connectivity index (χ0) is 62.3. The van der Waals surface area contributed by atoms with Crippen LogP contribution in [0, 0.1) is 0 Å². The van der Waals surface area contributed by atoms with Crippen LogP contribution in [-0.4, -0.2) is 195 Å². The van der Waals surface area contributed by atoms with Gasteiger partial charge in [-0.2, -0.15) is 0 Å². The van der Waals surface area contributed by atoms with Crippen molar-refractivity contribution in [2.75, 3.05) is 135 Å². The molecule has 470 valence electrons. The molecule has 0 aliphatic heterocycles. The summed E-state index contributed by atoms with van der Waals surface area (Å²) in [6.45, 7) is 7.35. The van der Waals surface area contributed by atoms with Crippen molar-refractivity contribution in [3.8, 4) is 91.5 Å². The highest BCUT2D eigenvalue weighted by Gasteiger charge is 2.19. The van der Waals surface area contributed by atoms with Crippen LogP contribution >= 0.6 is 0 Å². The van der Waals surface area contributed by atoms with Gasteiger partial charge in [0, 0.05) is 61.6 Å². The Morgan fingerprint density at radius 2 is 0.544 bits per heavy atom. The maximum Gasteiger partial charge on any atom is 0.142 e. The average molecular weight is 1220 g/mol. The highest BCUT2D eigenvalue weighted by atomic mass is 16.5. The minimum absolute atomic E-state index is 0.250. The lowest BCUT2D eigenvalue weighted by Gasteiger charge is -2.14. The molecule has 0 aliphatic carbocycles. The number of hydrogen-bond donors (Lipinski definition) is 4. The third-order valence-electron chi connectivity index (χ3n) is 15.0. The molecule has 4 aromatic heterocycles. The van der Waals surface area contributed by atoms with Gasteiger partial charge in [0.25, 0.3) is 0 Å². The first-order valence-electron chi connectivity index (χ1n) is 30.8. The van der Waals surface area contributed by atoms with E-state index in [0.717, 1.165) is 141 Å². The smallest absolute Gasteiger partial charge is 0.142 e. The predicted molar refractivity (Wildman–Crippen MR) is 356 cm³/mol. The van der Waals surface area contributed by atoms with E-state index in [1.165, 1.54) is 0 Å². The second-order valence-corrected chi connectivity index (χ2v) is 23.4. The van der Waals surface area contributed by atoms with Gasteiger partial charge in [-0.15, -0.1) is 0 Å². The molecule has 11 rings (SSSR count). The van der Waals surface area contributed by atoms with Gasteiger partial charge in [-0.3, -0.25) is 0 Å². The van der Waals surface area contributed by atoms with Crippen LogP contribution in [0.5, 0.6) is 46.0 Å². The first-order valence-corrected chi connectivity index (χ1v) is 30.8. The SMILES string of the molecule is CN(C)CCCOc1ccc2nc(-c3ccc(-c4nc5ccc(OCCCN(C)C)cc5[nH]4)c(OCCOc4ccc(OCCOc5cc(-c6nc7ccc(OCCCN(C)C)cc7[nH]6)ccc5-c5nc6ccc(OCCCN(C)C)cc6[nH]5)cc4)c3)[nH]c2c1. The molecule has 0 fully saturated rings. The molecule has 90 heavy (non-hydrogen) atoms. The monoisotopic (exact) mass is 1220 g/mol. The van der Waals surface area contributed by atoms with Gasteiger partial charge in [-0.1, -0.05) is 12.1 Å². The lowest BCUT2D eigenvalue weighted by molar-refractivity contribution is 0.214. The predicted octanol–water partition coefficient (Wildman–Crippen LogP) is 12.1. The van der Waals surface area contributed by atoms with Gasteiger partial charge in [-0.25, -0.2) is 19.9 Å². The summed E-state index contributed by atoms with van der Waals surface area (Å²) in [7, 11) is 16.5. The largest absolute Gasteiger partial charge is 0.493 e. The number of fused-ring (bicyclic) bond motifs is 4. The van der Waals surface area contributed by atoms with Crippen LogP contribution < -0.4 is 37.9 Å². The number of ether oxygens (including phenoxy) is 8. The van der Waals surface area contributed by atoms with Crippen LogP contribution in [0.15, 0.2) is 133 Å². The molecule has 0 atom stereocenters.